The van der Waals surface area contributed by atoms with Gasteiger partial charge in [0.25, 0.3) is 0 Å². The van der Waals surface area contributed by atoms with Crippen LogP contribution >= 0.6 is 0 Å². The summed E-state index contributed by atoms with van der Waals surface area (Å²) in [6.07, 6.45) is 9.00. The fourth-order valence-electron chi connectivity index (χ4n) is 4.68. The predicted octanol–water partition coefficient (Wildman–Crippen LogP) is 5.71. The maximum Gasteiger partial charge on any atom is 0.332 e. The first kappa shape index (κ1) is 30.9. The van der Waals surface area contributed by atoms with Crippen LogP contribution in [0.5, 0.6) is 11.5 Å². The molecule has 4 rings (SSSR count). The van der Waals surface area contributed by atoms with Gasteiger partial charge in [-0.2, -0.15) is 0 Å². The van der Waals surface area contributed by atoms with Crippen LogP contribution in [0.2, 0.25) is 0 Å². The summed E-state index contributed by atoms with van der Waals surface area (Å²) in [7, 11) is 5.25. The Morgan fingerprint density at radius 1 is 1.02 bits per heavy atom. The van der Waals surface area contributed by atoms with Crippen molar-refractivity contribution < 1.29 is 14.3 Å². The van der Waals surface area contributed by atoms with Gasteiger partial charge in [-0.1, -0.05) is 12.0 Å². The normalized spacial score (nSPS) is 14.3. The van der Waals surface area contributed by atoms with Crippen molar-refractivity contribution in [3.05, 3.63) is 77.8 Å². The van der Waals surface area contributed by atoms with E-state index in [2.05, 4.69) is 55.5 Å². The van der Waals surface area contributed by atoms with E-state index >= 15 is 0 Å². The molecule has 2 N–H and O–H groups in total. The fourth-order valence-corrected chi connectivity index (χ4v) is 4.68. The highest BCUT2D eigenvalue weighted by molar-refractivity contribution is 6.01. The molecule has 1 saturated heterocycles. The Morgan fingerprint density at radius 3 is 2.37 bits per heavy atom. The van der Waals surface area contributed by atoms with Gasteiger partial charge in [-0.05, 0) is 69.8 Å². The van der Waals surface area contributed by atoms with E-state index in [4.69, 9.17) is 15.9 Å². The number of aromatic nitrogens is 2. The predicted molar refractivity (Wildman–Crippen MR) is 173 cm³/mol. The van der Waals surface area contributed by atoms with Crippen molar-refractivity contribution in [3.63, 3.8) is 0 Å². The summed E-state index contributed by atoms with van der Waals surface area (Å²) >= 11 is 0. The van der Waals surface area contributed by atoms with Crippen molar-refractivity contribution in [3.8, 4) is 23.8 Å². The van der Waals surface area contributed by atoms with Gasteiger partial charge in [0.15, 0.2) is 0 Å². The maximum absolute atomic E-state index is 14.0. The van der Waals surface area contributed by atoms with Gasteiger partial charge < -0.3 is 29.9 Å². The number of ether oxygens (including phenoxy) is 2. The Labute approximate surface area is 254 Å². The minimum Gasteiger partial charge on any atom is -0.497 e. The molecule has 1 aromatic heterocycles. The number of carbonyl (C=O) groups excluding carboxylic acids is 1. The number of anilines is 5. The second-order valence-electron chi connectivity index (χ2n) is 10.1. The quantitative estimate of drug-likeness (QED) is 0.245. The van der Waals surface area contributed by atoms with Crippen molar-refractivity contribution in [2.45, 2.75) is 20.8 Å². The van der Waals surface area contributed by atoms with Crippen LogP contribution in [0.3, 0.4) is 0 Å². The van der Waals surface area contributed by atoms with Gasteiger partial charge in [-0.15, -0.1) is 6.42 Å². The summed E-state index contributed by atoms with van der Waals surface area (Å²) in [5.74, 6) is 4.47. The van der Waals surface area contributed by atoms with Gasteiger partial charge in [0.05, 0.1) is 25.6 Å². The van der Waals surface area contributed by atoms with E-state index < -0.39 is 6.03 Å². The minimum absolute atomic E-state index is 0.323. The lowest BCUT2D eigenvalue weighted by molar-refractivity contribution is 0.250. The van der Waals surface area contributed by atoms with Crippen molar-refractivity contribution in [1.82, 2.24) is 20.2 Å². The van der Waals surface area contributed by atoms with Crippen LogP contribution in [0.1, 0.15) is 20.8 Å². The first-order valence-corrected chi connectivity index (χ1v) is 14.0. The summed E-state index contributed by atoms with van der Waals surface area (Å²) in [5, 5.41) is 6.32. The summed E-state index contributed by atoms with van der Waals surface area (Å²) in [5.41, 5.74) is 4.46. The molecule has 0 bridgehead atoms. The molecule has 2 aromatic carbocycles. The zero-order valence-electron chi connectivity index (χ0n) is 25.6. The number of piperazine rings is 1. The Balaban J connectivity index is 1.67. The molecule has 2 amide bonds. The Hall–Kier alpha value is -5.01. The van der Waals surface area contributed by atoms with Crippen molar-refractivity contribution in [2.75, 3.05) is 62.6 Å². The molecule has 0 atom stereocenters. The number of carbonyl (C=O) groups is 1. The third-order valence-electron chi connectivity index (χ3n) is 7.37. The lowest BCUT2D eigenvalue weighted by atomic mass is 10.1. The number of benzene rings is 2. The second kappa shape index (κ2) is 14.2. The summed E-state index contributed by atoms with van der Waals surface area (Å²) in [4.78, 5) is 29.0. The summed E-state index contributed by atoms with van der Waals surface area (Å²) in [6.45, 7) is 9.63. The van der Waals surface area contributed by atoms with E-state index in [0.717, 1.165) is 37.4 Å². The van der Waals surface area contributed by atoms with Crippen molar-refractivity contribution >= 4 is 34.7 Å². The average molecular weight is 582 g/mol. The molecule has 10 nitrogen and oxygen atoms in total. The highest BCUT2D eigenvalue weighted by Gasteiger charge is 2.25. The fraction of sp³-hybridized carbons (Fsp3) is 0.303. The van der Waals surface area contributed by atoms with Crippen LogP contribution in [0.25, 0.3) is 0 Å². The number of hydrogen-bond acceptors (Lipinski definition) is 8. The number of urea groups is 1. The van der Waals surface area contributed by atoms with E-state index in [-0.39, 0.29) is 0 Å². The molecular weight excluding hydrogens is 542 g/mol. The third kappa shape index (κ3) is 7.45. The first-order chi connectivity index (χ1) is 20.8. The van der Waals surface area contributed by atoms with E-state index in [0.29, 0.717) is 40.1 Å². The van der Waals surface area contributed by atoms with Gasteiger partial charge in [0.1, 0.15) is 29.5 Å². The number of nitrogens with zero attached hydrogens (tertiary/aromatic N) is 5. The molecule has 10 heteroatoms. The molecule has 1 aliphatic rings. The van der Waals surface area contributed by atoms with Gasteiger partial charge in [0.2, 0.25) is 0 Å². The van der Waals surface area contributed by atoms with Gasteiger partial charge >= 0.3 is 6.03 Å². The second-order valence-corrected chi connectivity index (χ2v) is 10.1. The molecule has 2 heterocycles. The van der Waals surface area contributed by atoms with E-state index in [9.17, 15) is 4.79 Å². The van der Waals surface area contributed by atoms with Crippen molar-refractivity contribution in [2.24, 2.45) is 0 Å². The molecule has 224 valence electrons. The Morgan fingerprint density at radius 2 is 1.74 bits per heavy atom. The van der Waals surface area contributed by atoms with Crippen LogP contribution in [0.15, 0.2) is 77.8 Å². The standard InChI is InChI=1S/C33H39N7O3/c1-8-23(3)32(24(4)9-2)37-33(41)40(28-15-14-27(42-6)20-29(28)43-7)31-21-30(34-22-35-31)36-25-10-12-26(13-11-25)39-18-16-38(5)17-19-39/h1,9-15,20-22H,16-19H2,2-7H3,(H,37,41)(H,34,35,36)/b24-9-,32-23+. The number of rotatable bonds is 9. The number of nitrogens with one attached hydrogen (secondary N) is 2. The highest BCUT2D eigenvalue weighted by atomic mass is 16.5. The number of amides is 2. The molecule has 3 aromatic rings. The van der Waals surface area contributed by atoms with Crippen LogP contribution < -0.4 is 29.9 Å². The van der Waals surface area contributed by atoms with Crippen molar-refractivity contribution in [1.29, 1.82) is 0 Å². The molecule has 43 heavy (non-hydrogen) atoms. The zero-order chi connectivity index (χ0) is 30.9. The maximum atomic E-state index is 14.0. The van der Waals surface area contributed by atoms with E-state index in [1.165, 1.54) is 24.0 Å². The first-order valence-electron chi connectivity index (χ1n) is 14.0. The van der Waals surface area contributed by atoms with Crippen LogP contribution in [-0.2, 0) is 0 Å². The minimum atomic E-state index is -0.476. The van der Waals surface area contributed by atoms with Gasteiger partial charge in [0, 0.05) is 55.3 Å². The van der Waals surface area contributed by atoms with Gasteiger partial charge in [-0.25, -0.2) is 19.7 Å². The average Bonchev–Trinajstić information content (AvgIpc) is 3.04. The third-order valence-corrected chi connectivity index (χ3v) is 7.37. The number of hydrogen-bond donors (Lipinski definition) is 2. The molecule has 0 radical (unpaired) electrons. The Kier molecular flexibility index (Phi) is 10.3. The molecule has 0 saturated carbocycles. The molecular formula is C33H39N7O3. The zero-order valence-corrected chi connectivity index (χ0v) is 25.6. The van der Waals surface area contributed by atoms with Gasteiger partial charge in [-0.3, -0.25) is 0 Å². The number of methoxy groups -OCH3 is 2. The largest absolute Gasteiger partial charge is 0.497 e. The lowest BCUT2D eigenvalue weighted by Gasteiger charge is -2.34. The monoisotopic (exact) mass is 581 g/mol. The number of terminal acetylenes is 1. The molecule has 0 unspecified atom stereocenters. The lowest BCUT2D eigenvalue weighted by Crippen LogP contribution is -2.44. The molecule has 0 aliphatic carbocycles. The summed E-state index contributed by atoms with van der Waals surface area (Å²) in [6, 6.07) is 14.7. The van der Waals surface area contributed by atoms with Crippen LogP contribution in [-0.4, -0.2) is 68.3 Å². The Bertz CT molecular complexity index is 1530. The molecule has 1 fully saturated rings. The van der Waals surface area contributed by atoms with E-state index in [1.807, 2.05) is 32.1 Å². The number of likely N-dealkylation sites (N-methyl/N-ethyl adjacent to an activating group) is 1. The van der Waals surface area contributed by atoms with Crippen LogP contribution in [0.4, 0.5) is 33.5 Å². The molecule has 1 aliphatic heterocycles. The summed E-state index contributed by atoms with van der Waals surface area (Å²) < 4.78 is 11.0. The topological polar surface area (TPSA) is 95.1 Å². The highest BCUT2D eigenvalue weighted by Crippen LogP contribution is 2.37. The molecule has 0 spiro atoms. The number of allylic oxidation sites excluding steroid dienone is 3. The SMILES string of the molecule is C#C/C(C)=C(NC(=O)N(c1cc(Nc2ccc(N3CCN(C)CC3)cc2)ncn1)c1ccc(OC)cc1OC)\C(C)=C/C. The van der Waals surface area contributed by atoms with Crippen LogP contribution in [0, 0.1) is 12.3 Å². The smallest absolute Gasteiger partial charge is 0.332 e. The van der Waals surface area contributed by atoms with E-state index in [1.54, 1.807) is 38.3 Å².